The van der Waals surface area contributed by atoms with Crippen molar-refractivity contribution < 1.29 is 50.8 Å². The summed E-state index contributed by atoms with van der Waals surface area (Å²) in [5.41, 5.74) is 0.993. The Morgan fingerprint density at radius 3 is 2.30 bits per heavy atom. The van der Waals surface area contributed by atoms with Crippen molar-refractivity contribution in [2.45, 2.75) is 56.0 Å². The molecule has 0 unspecified atom stereocenters. The summed E-state index contributed by atoms with van der Waals surface area (Å²) in [6, 6.07) is 14.2. The second-order valence-corrected chi connectivity index (χ2v) is 12.1. The van der Waals surface area contributed by atoms with Crippen molar-refractivity contribution in [1.29, 1.82) is 0 Å². The van der Waals surface area contributed by atoms with E-state index >= 15 is 0 Å². The highest BCUT2D eigenvalue weighted by Crippen LogP contribution is 2.50. The van der Waals surface area contributed by atoms with E-state index < -0.39 is 35.7 Å². The summed E-state index contributed by atoms with van der Waals surface area (Å²) in [7, 11) is 1.53. The van der Waals surface area contributed by atoms with Crippen LogP contribution in [-0.4, -0.2) is 55.7 Å². The monoisotopic (exact) mass is 642 g/mol. The number of piperidine rings is 1. The average molecular weight is 643 g/mol. The van der Waals surface area contributed by atoms with Gasteiger partial charge >= 0.3 is 6.29 Å². The molecule has 0 saturated carbocycles. The fourth-order valence-corrected chi connectivity index (χ4v) is 6.31. The van der Waals surface area contributed by atoms with E-state index in [1.807, 2.05) is 0 Å². The average Bonchev–Trinajstić information content (AvgIpc) is 3.53. The highest BCUT2D eigenvalue weighted by atomic mass is 19.3. The number of halogens is 4. The van der Waals surface area contributed by atoms with E-state index in [2.05, 4.69) is 14.8 Å². The van der Waals surface area contributed by atoms with Gasteiger partial charge in [0.2, 0.25) is 5.91 Å². The van der Waals surface area contributed by atoms with Crippen LogP contribution < -0.4 is 29.0 Å². The summed E-state index contributed by atoms with van der Waals surface area (Å²) in [4.78, 5) is 28.3. The Morgan fingerprint density at radius 2 is 1.61 bits per heavy atom. The molecule has 0 spiro atoms. The number of likely N-dealkylation sites (tertiary alicyclic amines) is 1. The molecule has 4 heterocycles. The van der Waals surface area contributed by atoms with Crippen LogP contribution in [0.25, 0.3) is 0 Å². The lowest BCUT2D eigenvalue weighted by atomic mass is 9.82. The molecule has 0 aliphatic carbocycles. The summed E-state index contributed by atoms with van der Waals surface area (Å²) >= 11 is 0. The largest absolute Gasteiger partial charge is 0.586 e. The molecule has 3 atom stereocenters. The number of fused-ring (bicyclic) bond motifs is 3. The number of nitrogens with one attached hydrogen (secondary N) is 1. The highest BCUT2D eigenvalue weighted by molar-refractivity contribution is 5.94. The standard InChI is InChI=1S/C33H30F4N2O7/c1-31(17-43-26-16-28-27(14-22(26)31)45-33(36,37)46-28)30(41)38-23-15-24(44-25-13-20(42-2)7-8-21(23)25)18-3-5-19(6-4-18)29(40)39-11-9-32(34,35)10-12-39/h3-8,13-14,16,23-24H,9-12,15,17H2,1-2H3,(H,38,41)/t23-,24-,31+/m1/s1. The summed E-state index contributed by atoms with van der Waals surface area (Å²) in [6.07, 6.45) is -4.73. The second-order valence-electron chi connectivity index (χ2n) is 12.1. The van der Waals surface area contributed by atoms with Crippen LogP contribution in [0.4, 0.5) is 17.6 Å². The van der Waals surface area contributed by atoms with E-state index in [0.29, 0.717) is 34.6 Å². The quantitative estimate of drug-likeness (QED) is 0.346. The van der Waals surface area contributed by atoms with Gasteiger partial charge in [-0.05, 0) is 42.8 Å². The lowest BCUT2D eigenvalue weighted by molar-refractivity contribution is -0.286. The summed E-state index contributed by atoms with van der Waals surface area (Å²) in [5, 5.41) is 3.12. The third-order valence-electron chi connectivity index (χ3n) is 9.05. The molecule has 13 heteroatoms. The molecule has 0 aromatic heterocycles. The molecule has 1 saturated heterocycles. The summed E-state index contributed by atoms with van der Waals surface area (Å²) < 4.78 is 81.2. The normalized spacial score (nSPS) is 25.0. The first-order valence-corrected chi connectivity index (χ1v) is 14.8. The fourth-order valence-electron chi connectivity index (χ4n) is 6.31. The van der Waals surface area contributed by atoms with Crippen molar-refractivity contribution in [2.75, 3.05) is 26.8 Å². The van der Waals surface area contributed by atoms with Gasteiger partial charge in [-0.1, -0.05) is 12.1 Å². The first-order valence-electron chi connectivity index (χ1n) is 14.8. The zero-order valence-corrected chi connectivity index (χ0v) is 24.9. The van der Waals surface area contributed by atoms with E-state index in [9.17, 15) is 27.2 Å². The number of benzene rings is 3. The minimum atomic E-state index is -3.81. The number of nitrogens with zero attached hydrogens (tertiary/aromatic N) is 1. The van der Waals surface area contributed by atoms with Gasteiger partial charge in [0, 0.05) is 61.2 Å². The van der Waals surface area contributed by atoms with Crippen molar-refractivity contribution in [3.05, 3.63) is 76.9 Å². The third-order valence-corrected chi connectivity index (χ3v) is 9.05. The minimum Gasteiger partial charge on any atom is -0.497 e. The molecule has 0 radical (unpaired) electrons. The Hall–Kier alpha value is -4.68. The van der Waals surface area contributed by atoms with Crippen molar-refractivity contribution in [2.24, 2.45) is 0 Å². The van der Waals surface area contributed by atoms with E-state index in [0.717, 1.165) is 5.56 Å². The zero-order valence-electron chi connectivity index (χ0n) is 24.9. The number of amides is 2. The molecule has 242 valence electrons. The molecular formula is C33H30F4N2O7. The molecule has 4 aliphatic heterocycles. The topological polar surface area (TPSA) is 95.6 Å². The van der Waals surface area contributed by atoms with E-state index in [1.54, 1.807) is 49.4 Å². The maximum absolute atomic E-state index is 13.9. The minimum absolute atomic E-state index is 0.0104. The predicted octanol–water partition coefficient (Wildman–Crippen LogP) is 5.92. The number of ether oxygens (including phenoxy) is 5. The van der Waals surface area contributed by atoms with Crippen molar-refractivity contribution in [1.82, 2.24) is 10.2 Å². The zero-order chi connectivity index (χ0) is 32.4. The SMILES string of the molecule is COc1ccc2c(c1)O[C@@H](c1ccc(C(=O)N3CCC(F)(F)CC3)cc1)C[C@H]2NC(=O)[C@@]1(C)COc2cc3c(cc21)OC(F)(F)O3. The molecule has 1 N–H and O–H groups in total. The Labute approximate surface area is 261 Å². The van der Waals surface area contributed by atoms with Gasteiger partial charge in [0.05, 0.1) is 13.2 Å². The van der Waals surface area contributed by atoms with Crippen molar-refractivity contribution in [3.8, 4) is 28.7 Å². The van der Waals surface area contributed by atoms with Crippen molar-refractivity contribution >= 4 is 11.8 Å². The number of hydrogen-bond acceptors (Lipinski definition) is 7. The molecule has 1 fully saturated rings. The summed E-state index contributed by atoms with van der Waals surface area (Å²) in [6.45, 7) is 1.62. The van der Waals surface area contributed by atoms with Gasteiger partial charge in [0.1, 0.15) is 35.4 Å². The van der Waals surface area contributed by atoms with E-state index in [1.165, 1.54) is 24.1 Å². The van der Waals surface area contributed by atoms with Gasteiger partial charge in [-0.15, -0.1) is 8.78 Å². The summed E-state index contributed by atoms with van der Waals surface area (Å²) in [5.74, 6) is -2.52. The highest BCUT2D eigenvalue weighted by Gasteiger charge is 2.49. The van der Waals surface area contributed by atoms with Gasteiger partial charge in [0.15, 0.2) is 11.5 Å². The molecule has 9 nitrogen and oxygen atoms in total. The molecule has 4 aliphatic rings. The van der Waals surface area contributed by atoms with Crippen LogP contribution in [0.3, 0.4) is 0 Å². The van der Waals surface area contributed by atoms with Crippen LogP contribution in [0.5, 0.6) is 28.7 Å². The smallest absolute Gasteiger partial charge is 0.497 e. The van der Waals surface area contributed by atoms with Crippen LogP contribution in [0.1, 0.15) is 65.4 Å². The van der Waals surface area contributed by atoms with Crippen LogP contribution in [0.15, 0.2) is 54.6 Å². The molecule has 0 bridgehead atoms. The maximum Gasteiger partial charge on any atom is 0.586 e. The number of alkyl halides is 4. The van der Waals surface area contributed by atoms with Crippen LogP contribution in [0.2, 0.25) is 0 Å². The van der Waals surface area contributed by atoms with Crippen LogP contribution in [-0.2, 0) is 10.2 Å². The molecule has 46 heavy (non-hydrogen) atoms. The molecule has 3 aromatic carbocycles. The third kappa shape index (κ3) is 5.31. The Morgan fingerprint density at radius 1 is 0.913 bits per heavy atom. The number of carbonyl (C=O) groups is 2. The van der Waals surface area contributed by atoms with Gasteiger partial charge in [-0.2, -0.15) is 0 Å². The van der Waals surface area contributed by atoms with Gasteiger partial charge in [0.25, 0.3) is 11.8 Å². The lowest BCUT2D eigenvalue weighted by Crippen LogP contribution is -2.46. The van der Waals surface area contributed by atoms with Crippen molar-refractivity contribution in [3.63, 3.8) is 0 Å². The fraction of sp³-hybridized carbons (Fsp3) is 0.394. The maximum atomic E-state index is 13.9. The van der Waals surface area contributed by atoms with Gasteiger partial charge < -0.3 is 33.9 Å². The molecule has 3 aromatic rings. The van der Waals surface area contributed by atoms with E-state index in [-0.39, 0.29) is 55.7 Å². The second kappa shape index (κ2) is 10.7. The predicted molar refractivity (Wildman–Crippen MR) is 154 cm³/mol. The van der Waals surface area contributed by atoms with Gasteiger partial charge in [-0.25, -0.2) is 8.78 Å². The number of carbonyl (C=O) groups excluding carboxylic acids is 2. The molecule has 2 amide bonds. The lowest BCUT2D eigenvalue weighted by Gasteiger charge is -2.35. The first kappa shape index (κ1) is 30.0. The molecule has 7 rings (SSSR count). The Balaban J connectivity index is 1.12. The van der Waals surface area contributed by atoms with Crippen LogP contribution >= 0.6 is 0 Å². The van der Waals surface area contributed by atoms with Crippen LogP contribution in [0, 0.1) is 0 Å². The molecular weight excluding hydrogens is 612 g/mol. The first-order chi connectivity index (χ1) is 21.8. The Bertz CT molecular complexity index is 1710. The van der Waals surface area contributed by atoms with E-state index in [4.69, 9.17) is 14.2 Å². The Kier molecular flexibility index (Phi) is 6.98. The number of methoxy groups -OCH3 is 1. The number of rotatable bonds is 5. The number of hydrogen-bond donors (Lipinski definition) is 1. The van der Waals surface area contributed by atoms with Gasteiger partial charge in [-0.3, -0.25) is 9.59 Å².